The minimum Gasteiger partial charge on any atom is -0.365 e. The predicted octanol–water partition coefficient (Wildman–Crippen LogP) is 2.52. The van der Waals surface area contributed by atoms with Gasteiger partial charge < -0.3 is 4.98 Å². The van der Waals surface area contributed by atoms with E-state index in [0.29, 0.717) is 0 Å². The SMILES string of the molecule is CCCc1ccc2c[nH]cc2n1. The van der Waals surface area contributed by atoms with Crippen molar-refractivity contribution in [2.45, 2.75) is 19.8 Å². The Balaban J connectivity index is 2.46. The van der Waals surface area contributed by atoms with Crippen molar-refractivity contribution in [3.05, 3.63) is 30.2 Å². The number of nitrogens with zero attached hydrogens (tertiary/aromatic N) is 1. The Labute approximate surface area is 71.6 Å². The first kappa shape index (κ1) is 7.35. The summed E-state index contributed by atoms with van der Waals surface area (Å²) in [5, 5.41) is 1.19. The zero-order chi connectivity index (χ0) is 8.39. The molecule has 2 nitrogen and oxygen atoms in total. The molecule has 0 aromatic carbocycles. The van der Waals surface area contributed by atoms with Crippen LogP contribution in [0.3, 0.4) is 0 Å². The molecule has 2 aromatic rings. The zero-order valence-electron chi connectivity index (χ0n) is 7.17. The Hall–Kier alpha value is -1.31. The summed E-state index contributed by atoms with van der Waals surface area (Å²) < 4.78 is 0. The normalized spacial score (nSPS) is 10.8. The molecule has 0 bridgehead atoms. The Morgan fingerprint density at radius 3 is 3.08 bits per heavy atom. The molecule has 2 heteroatoms. The highest BCUT2D eigenvalue weighted by atomic mass is 14.8. The van der Waals surface area contributed by atoms with Gasteiger partial charge in [0.25, 0.3) is 0 Å². The molecule has 62 valence electrons. The molecule has 0 unspecified atom stereocenters. The van der Waals surface area contributed by atoms with Crippen molar-refractivity contribution in [3.8, 4) is 0 Å². The van der Waals surface area contributed by atoms with Crippen LogP contribution in [0.15, 0.2) is 24.5 Å². The second-order valence-electron chi connectivity index (χ2n) is 2.98. The van der Waals surface area contributed by atoms with Gasteiger partial charge in [-0.1, -0.05) is 13.3 Å². The van der Waals surface area contributed by atoms with E-state index >= 15 is 0 Å². The highest BCUT2D eigenvalue weighted by Crippen LogP contribution is 2.11. The third-order valence-electron chi connectivity index (χ3n) is 1.98. The van der Waals surface area contributed by atoms with E-state index in [4.69, 9.17) is 0 Å². The lowest BCUT2D eigenvalue weighted by Crippen LogP contribution is -1.87. The number of H-pyrrole nitrogens is 1. The first-order chi connectivity index (χ1) is 5.90. The summed E-state index contributed by atoms with van der Waals surface area (Å²) in [6.45, 7) is 2.17. The van der Waals surface area contributed by atoms with E-state index < -0.39 is 0 Å². The number of nitrogens with one attached hydrogen (secondary N) is 1. The smallest absolute Gasteiger partial charge is 0.0879 e. The van der Waals surface area contributed by atoms with Crippen LogP contribution in [0.25, 0.3) is 10.9 Å². The van der Waals surface area contributed by atoms with Gasteiger partial charge in [-0.25, -0.2) is 0 Å². The number of pyridine rings is 1. The molecule has 1 N–H and O–H groups in total. The molecule has 0 spiro atoms. The van der Waals surface area contributed by atoms with Crippen molar-refractivity contribution >= 4 is 10.9 Å². The van der Waals surface area contributed by atoms with E-state index in [1.807, 2.05) is 12.4 Å². The van der Waals surface area contributed by atoms with E-state index in [1.165, 1.54) is 11.1 Å². The fourth-order valence-corrected chi connectivity index (χ4v) is 1.37. The number of fused-ring (bicyclic) bond motifs is 1. The van der Waals surface area contributed by atoms with Gasteiger partial charge in [0.05, 0.1) is 5.52 Å². The van der Waals surface area contributed by atoms with Crippen LogP contribution in [0.1, 0.15) is 19.0 Å². The predicted molar refractivity (Wildman–Crippen MR) is 50.1 cm³/mol. The molecule has 0 atom stereocenters. The second-order valence-corrected chi connectivity index (χ2v) is 2.98. The van der Waals surface area contributed by atoms with Gasteiger partial charge in [-0.2, -0.15) is 0 Å². The lowest BCUT2D eigenvalue weighted by atomic mass is 10.2. The van der Waals surface area contributed by atoms with Crippen LogP contribution < -0.4 is 0 Å². The molecule has 2 rings (SSSR count). The van der Waals surface area contributed by atoms with E-state index in [-0.39, 0.29) is 0 Å². The first-order valence-corrected chi connectivity index (χ1v) is 4.32. The van der Waals surface area contributed by atoms with Gasteiger partial charge >= 0.3 is 0 Å². The van der Waals surface area contributed by atoms with Gasteiger partial charge in [-0.15, -0.1) is 0 Å². The van der Waals surface area contributed by atoms with Gasteiger partial charge in [0.1, 0.15) is 0 Å². The first-order valence-electron chi connectivity index (χ1n) is 4.32. The average molecular weight is 160 g/mol. The molecule has 0 saturated carbocycles. The highest BCUT2D eigenvalue weighted by Gasteiger charge is 1.96. The van der Waals surface area contributed by atoms with Crippen LogP contribution in [-0.2, 0) is 6.42 Å². The molecular formula is C10H12N2. The maximum atomic E-state index is 4.49. The lowest BCUT2D eigenvalue weighted by Gasteiger charge is -1.96. The lowest BCUT2D eigenvalue weighted by molar-refractivity contribution is 0.890. The molecule has 0 aliphatic heterocycles. The largest absolute Gasteiger partial charge is 0.365 e. The molecule has 0 aliphatic rings. The topological polar surface area (TPSA) is 28.7 Å². The number of aryl methyl sites for hydroxylation is 1. The van der Waals surface area contributed by atoms with Crippen molar-refractivity contribution in [2.24, 2.45) is 0 Å². The average Bonchev–Trinajstić information content (AvgIpc) is 2.51. The number of aromatic amines is 1. The minimum atomic E-state index is 1.07. The number of hydrogen-bond donors (Lipinski definition) is 1. The van der Waals surface area contributed by atoms with Crippen LogP contribution in [0.5, 0.6) is 0 Å². The van der Waals surface area contributed by atoms with Crippen LogP contribution in [0.2, 0.25) is 0 Å². The zero-order valence-corrected chi connectivity index (χ0v) is 7.17. The summed E-state index contributed by atoms with van der Waals surface area (Å²) in [5.41, 5.74) is 2.26. The molecule has 0 radical (unpaired) electrons. The van der Waals surface area contributed by atoms with Gasteiger partial charge in [0.15, 0.2) is 0 Å². The van der Waals surface area contributed by atoms with E-state index in [2.05, 4.69) is 29.0 Å². The van der Waals surface area contributed by atoms with E-state index in [9.17, 15) is 0 Å². The fraction of sp³-hybridized carbons (Fsp3) is 0.300. The molecule has 0 fully saturated rings. The second kappa shape index (κ2) is 2.97. The van der Waals surface area contributed by atoms with Crippen molar-refractivity contribution < 1.29 is 0 Å². The Bertz CT molecular complexity index is 376. The fourth-order valence-electron chi connectivity index (χ4n) is 1.37. The van der Waals surface area contributed by atoms with Crippen LogP contribution in [0, 0.1) is 0 Å². The summed E-state index contributed by atoms with van der Waals surface area (Å²) in [5.74, 6) is 0. The maximum Gasteiger partial charge on any atom is 0.0879 e. The van der Waals surface area contributed by atoms with Crippen molar-refractivity contribution in [3.63, 3.8) is 0 Å². The van der Waals surface area contributed by atoms with Crippen LogP contribution in [-0.4, -0.2) is 9.97 Å². The summed E-state index contributed by atoms with van der Waals surface area (Å²) >= 11 is 0. The number of aromatic nitrogens is 2. The monoisotopic (exact) mass is 160 g/mol. The third-order valence-corrected chi connectivity index (χ3v) is 1.98. The quantitative estimate of drug-likeness (QED) is 0.718. The Morgan fingerprint density at radius 1 is 1.33 bits per heavy atom. The summed E-state index contributed by atoms with van der Waals surface area (Å²) in [4.78, 5) is 7.54. The standard InChI is InChI=1S/C10H12N2/c1-2-3-9-5-4-8-6-11-7-10(8)12-9/h4-7,11H,2-3H2,1H3. The van der Waals surface area contributed by atoms with Gasteiger partial charge in [-0.3, -0.25) is 4.98 Å². The molecule has 2 aromatic heterocycles. The van der Waals surface area contributed by atoms with E-state index in [0.717, 1.165) is 18.4 Å². The summed E-state index contributed by atoms with van der Waals surface area (Å²) in [6, 6.07) is 4.21. The van der Waals surface area contributed by atoms with Gasteiger partial charge in [-0.05, 0) is 18.6 Å². The maximum absolute atomic E-state index is 4.49. The summed E-state index contributed by atoms with van der Waals surface area (Å²) in [7, 11) is 0. The van der Waals surface area contributed by atoms with Crippen LogP contribution in [0.4, 0.5) is 0 Å². The highest BCUT2D eigenvalue weighted by molar-refractivity contribution is 5.77. The Morgan fingerprint density at radius 2 is 2.25 bits per heavy atom. The molecule has 0 saturated heterocycles. The Kier molecular flexibility index (Phi) is 1.82. The van der Waals surface area contributed by atoms with Gasteiger partial charge in [0, 0.05) is 23.5 Å². The van der Waals surface area contributed by atoms with Crippen molar-refractivity contribution in [1.29, 1.82) is 0 Å². The van der Waals surface area contributed by atoms with Crippen molar-refractivity contribution in [1.82, 2.24) is 9.97 Å². The van der Waals surface area contributed by atoms with Crippen LogP contribution >= 0.6 is 0 Å². The summed E-state index contributed by atoms with van der Waals surface area (Å²) in [6.07, 6.45) is 6.14. The number of hydrogen-bond acceptors (Lipinski definition) is 1. The van der Waals surface area contributed by atoms with E-state index in [1.54, 1.807) is 0 Å². The molecule has 0 amide bonds. The van der Waals surface area contributed by atoms with Gasteiger partial charge in [0.2, 0.25) is 0 Å². The van der Waals surface area contributed by atoms with Crippen molar-refractivity contribution in [2.75, 3.05) is 0 Å². The number of rotatable bonds is 2. The third kappa shape index (κ3) is 1.20. The minimum absolute atomic E-state index is 1.07. The molecular weight excluding hydrogens is 148 g/mol. The molecule has 2 heterocycles. The molecule has 0 aliphatic carbocycles. The molecule has 12 heavy (non-hydrogen) atoms.